The number of thiol groups is 1. The summed E-state index contributed by atoms with van der Waals surface area (Å²) in [6.07, 6.45) is -34.8. The molecule has 0 saturated heterocycles. The van der Waals surface area contributed by atoms with E-state index in [2.05, 4.69) is 85.7 Å². The van der Waals surface area contributed by atoms with Gasteiger partial charge in [0.05, 0.1) is 56.6 Å². The molecule has 116 heavy (non-hydrogen) atoms. The lowest BCUT2D eigenvalue weighted by Gasteiger charge is -2.28. The number of nitrogens with zero attached hydrogens (tertiary/aromatic N) is 3. The van der Waals surface area contributed by atoms with E-state index in [1.165, 1.54) is 30.5 Å². The van der Waals surface area contributed by atoms with Gasteiger partial charge >= 0.3 is 23.9 Å². The third-order valence-electron chi connectivity index (χ3n) is 17.1. The van der Waals surface area contributed by atoms with E-state index in [1.807, 2.05) is 5.32 Å². The zero-order valence-corrected chi connectivity index (χ0v) is 62.4. The number of hydrogen-bond donors (Lipinski definition) is 33. The standard InChI is InChI=1S/C65H98N16O34S/c66-65-80-55-48(62(111)81-65)72-28(18-71-55)17-67-27-3-1-26(2-4-27)56(105)78-34(63(112)113)8-14-45(94)73-29(5-11-42(91)68-19-36(85)49(99)52(102)39(88)22-82)57(106)76-32(9-15-46(95)96)59(108)74-30(6-12-43(92)69-20-37(86)50(100)53(103)40(89)23-83)58(107)77-33(10-16-47(97)98)60(109)75-31(61(110)79-35(25-116)64(114)115)7-13-44(93)70-21-38(87)51(101)54(104)41(90)24-84/h1-4,18,29-41,49-54,67,82-90,99-104,116H,5-17,19-25H2,(H,68,91)(H,69,92)(H,70,93)(H,73,94)(H,74,108)(H,75,109)(H,76,106)(H,77,107)(H,78,105)(H,79,110)(H,95,96)(H,97,98)(H,112,113)(H,114,115)(H3,66,71,80,81,111)/t29-,30-,31-,32+,33+,34-,35+,36-,37-,38-,39+,40+,41+,49+,50+,51+,52+,53+,54+/m0/s1. The van der Waals surface area contributed by atoms with Gasteiger partial charge in [-0.3, -0.25) is 67.3 Å². The minimum absolute atomic E-state index is 0.00179. The quantitative estimate of drug-likeness (QED) is 0.0233. The minimum Gasteiger partial charge on any atom is -0.481 e. The molecule has 0 bridgehead atoms. The summed E-state index contributed by atoms with van der Waals surface area (Å²) in [5.74, 6) is -20.5. The van der Waals surface area contributed by atoms with Crippen LogP contribution in [0.5, 0.6) is 0 Å². The van der Waals surface area contributed by atoms with Gasteiger partial charge in [-0.05, 0) is 62.8 Å². The molecule has 0 radical (unpaired) electrons. The number of aliphatic hydroxyl groups is 15. The van der Waals surface area contributed by atoms with Crippen LogP contribution in [0.4, 0.5) is 11.6 Å². The maximum absolute atomic E-state index is 14.6. The Balaban J connectivity index is 2.05. The van der Waals surface area contributed by atoms with Gasteiger partial charge in [0, 0.05) is 75.2 Å². The summed E-state index contributed by atoms with van der Waals surface area (Å²) in [6, 6.07) is -9.01. The molecule has 2 aromatic heterocycles. The normalized spacial score (nSPS) is 16.3. The van der Waals surface area contributed by atoms with Crippen molar-refractivity contribution in [2.24, 2.45) is 0 Å². The molecule has 648 valence electrons. The number of nitrogens with two attached hydrogens (primary N) is 1. The van der Waals surface area contributed by atoms with E-state index >= 15 is 0 Å². The number of carboxylic acids is 4. The molecule has 0 spiro atoms. The van der Waals surface area contributed by atoms with Gasteiger partial charge in [0.25, 0.3) is 11.5 Å². The number of H-pyrrole nitrogens is 1. The summed E-state index contributed by atoms with van der Waals surface area (Å²) in [5, 5.41) is 212. The number of aromatic amines is 1. The highest BCUT2D eigenvalue weighted by Gasteiger charge is 2.38. The highest BCUT2D eigenvalue weighted by atomic mass is 32.1. The number of amides is 10. The number of carboxylic acid groups (broad SMARTS) is 4. The van der Waals surface area contributed by atoms with E-state index in [1.54, 1.807) is 0 Å². The van der Waals surface area contributed by atoms with Gasteiger partial charge in [-0.1, -0.05) is 0 Å². The fourth-order valence-electron chi connectivity index (χ4n) is 10.3. The summed E-state index contributed by atoms with van der Waals surface area (Å²) >= 11 is 3.87. The summed E-state index contributed by atoms with van der Waals surface area (Å²) < 4.78 is 0. The van der Waals surface area contributed by atoms with Crippen LogP contribution in [0.3, 0.4) is 0 Å². The minimum atomic E-state index is -2.25. The van der Waals surface area contributed by atoms with Gasteiger partial charge in [0.15, 0.2) is 11.2 Å². The molecule has 0 aliphatic rings. The maximum atomic E-state index is 14.6. The largest absolute Gasteiger partial charge is 0.481 e. The van der Waals surface area contributed by atoms with Crippen molar-refractivity contribution in [2.75, 3.05) is 56.3 Å². The van der Waals surface area contributed by atoms with Crippen LogP contribution < -0.4 is 69.8 Å². The third-order valence-corrected chi connectivity index (χ3v) is 17.5. The van der Waals surface area contributed by atoms with Crippen molar-refractivity contribution in [3.63, 3.8) is 0 Å². The highest BCUT2D eigenvalue weighted by Crippen LogP contribution is 2.16. The molecule has 10 amide bonds. The molecular formula is C65H98N16O34S. The van der Waals surface area contributed by atoms with Crippen LogP contribution in [-0.2, 0) is 68.9 Å². The molecule has 0 aliphatic carbocycles. The second-order valence-corrected chi connectivity index (χ2v) is 26.4. The number of aliphatic hydroxyl groups excluding tert-OH is 15. The zero-order valence-electron chi connectivity index (χ0n) is 61.5. The number of aliphatic carboxylic acids is 4. The van der Waals surface area contributed by atoms with Gasteiger partial charge in [-0.25, -0.2) is 19.6 Å². The first kappa shape index (κ1) is 99.6. The Kier molecular flexibility index (Phi) is 42.9. The van der Waals surface area contributed by atoms with Crippen LogP contribution in [-0.4, -0.2) is 361 Å². The van der Waals surface area contributed by atoms with E-state index in [4.69, 9.17) is 10.8 Å². The Morgan fingerprint density at radius 1 is 0.414 bits per heavy atom. The topological polar surface area (TPSA) is 853 Å². The summed E-state index contributed by atoms with van der Waals surface area (Å²) in [4.78, 5) is 214. The number of nitrogen functional groups attached to an aromatic ring is 1. The van der Waals surface area contributed by atoms with Crippen molar-refractivity contribution in [3.8, 4) is 0 Å². The third kappa shape index (κ3) is 34.0. The number of anilines is 2. The van der Waals surface area contributed by atoms with E-state index in [0.29, 0.717) is 5.69 Å². The van der Waals surface area contributed by atoms with Crippen LogP contribution in [0.2, 0.25) is 0 Å². The van der Waals surface area contributed by atoms with Crippen molar-refractivity contribution in [1.29, 1.82) is 0 Å². The number of fused-ring (bicyclic) bond motifs is 1. The summed E-state index contributed by atoms with van der Waals surface area (Å²) in [6.45, 7) is -5.97. The van der Waals surface area contributed by atoms with Crippen LogP contribution in [0.1, 0.15) is 93.1 Å². The molecule has 19 atom stereocenters. The van der Waals surface area contributed by atoms with Gasteiger partial charge < -0.3 is 161 Å². The molecule has 2 heterocycles. The molecule has 0 aliphatic heterocycles. The average Bonchev–Trinajstić information content (AvgIpc) is 0.810. The van der Waals surface area contributed by atoms with E-state index in [9.17, 15) is 164 Å². The van der Waals surface area contributed by atoms with Crippen molar-refractivity contribution < 1.29 is 164 Å². The predicted molar refractivity (Wildman–Crippen MR) is 391 cm³/mol. The van der Waals surface area contributed by atoms with Gasteiger partial charge in [-0.15, -0.1) is 0 Å². The number of benzene rings is 1. The monoisotopic (exact) mass is 1680 g/mol. The molecule has 0 fully saturated rings. The van der Waals surface area contributed by atoms with Crippen LogP contribution in [0, 0.1) is 0 Å². The number of carbonyl (C=O) groups is 14. The van der Waals surface area contributed by atoms with E-state index in [-0.39, 0.29) is 34.9 Å². The van der Waals surface area contributed by atoms with Crippen molar-refractivity contribution in [3.05, 3.63) is 52.1 Å². The fourth-order valence-corrected chi connectivity index (χ4v) is 10.5. The van der Waals surface area contributed by atoms with Crippen LogP contribution in [0.25, 0.3) is 11.2 Å². The molecule has 0 saturated carbocycles. The van der Waals surface area contributed by atoms with Crippen molar-refractivity contribution in [2.45, 2.75) is 199 Å². The second kappa shape index (κ2) is 50.0. The smallest absolute Gasteiger partial charge is 0.327 e. The number of nitrogens with one attached hydrogen (secondary N) is 12. The Morgan fingerprint density at radius 2 is 0.741 bits per heavy atom. The molecule has 1 aromatic carbocycles. The summed E-state index contributed by atoms with van der Waals surface area (Å²) in [7, 11) is 0. The first-order valence-electron chi connectivity index (χ1n) is 35.3. The SMILES string of the molecule is Nc1nc2ncc(CNc3ccc(C(=O)N[C@@H](CCC(=O)N[C@@H](CCC(=O)NC[C@H](O)[C@@H](O)[C@H](O)[C@H](O)CO)C(=O)N[C@H](CCC(=O)O)C(=O)N[C@@H](CCC(=O)NC[C@H](O)[C@@H](O)[C@H](O)[C@H](O)CO)C(=O)N[C@H](CCC(=O)O)C(=O)N[C@@H](CCC(=O)NC[C@H](O)[C@@H](O)[C@H](O)[C@H](O)CO)C(=O)N[C@H](CS)C(=O)O)C(=O)O)cc3)nc2c(=O)[nH]1. The predicted octanol–water partition coefficient (Wildman–Crippen LogP) is -14.5. The van der Waals surface area contributed by atoms with E-state index in [0.717, 1.165) is 0 Å². The lowest BCUT2D eigenvalue weighted by atomic mass is 10.0. The van der Waals surface area contributed by atoms with E-state index < -0.39 is 326 Å². The average molecular weight is 1680 g/mol. The number of hydrogen-bond acceptors (Lipinski definition) is 36. The highest BCUT2D eigenvalue weighted by molar-refractivity contribution is 7.80. The van der Waals surface area contributed by atoms with Crippen LogP contribution in [0.15, 0.2) is 35.3 Å². The molecule has 50 nitrogen and oxygen atoms in total. The van der Waals surface area contributed by atoms with Gasteiger partial charge in [0.2, 0.25) is 59.1 Å². The van der Waals surface area contributed by atoms with Gasteiger partial charge in [-0.2, -0.15) is 17.6 Å². The first-order valence-corrected chi connectivity index (χ1v) is 36.0. The Hall–Kier alpha value is -10.6. The molecule has 33 N–H and O–H groups in total. The van der Waals surface area contributed by atoms with Crippen molar-refractivity contribution >= 4 is 118 Å². The molecule has 3 aromatic rings. The molecule has 51 heteroatoms. The number of rotatable bonds is 55. The second-order valence-electron chi connectivity index (χ2n) is 26.1. The zero-order chi connectivity index (χ0) is 87.4. The summed E-state index contributed by atoms with van der Waals surface area (Å²) in [5.41, 5.74) is 5.35. The lowest BCUT2D eigenvalue weighted by molar-refractivity contribution is -0.142. The lowest BCUT2D eigenvalue weighted by Crippen LogP contribution is -2.59. The van der Waals surface area contributed by atoms with Crippen molar-refractivity contribution in [1.82, 2.24) is 73.1 Å². The Morgan fingerprint density at radius 3 is 1.09 bits per heavy atom. The van der Waals surface area contributed by atoms with Gasteiger partial charge in [0.1, 0.15) is 97.2 Å². The Labute approximate surface area is 660 Å². The number of aromatic nitrogens is 4. The Bertz CT molecular complexity index is 3870. The molecular weight excluding hydrogens is 1580 g/mol. The number of carbonyl (C=O) groups excluding carboxylic acids is 10. The molecule has 3 rings (SSSR count). The first-order chi connectivity index (χ1) is 54.5. The molecule has 0 unspecified atom stereocenters. The fraction of sp³-hybridized carbons (Fsp3) is 0.600. The van der Waals surface area contributed by atoms with Crippen LogP contribution >= 0.6 is 12.6 Å². The maximum Gasteiger partial charge on any atom is 0.327 e.